The summed E-state index contributed by atoms with van der Waals surface area (Å²) in [7, 11) is 0. The van der Waals surface area contributed by atoms with E-state index in [2.05, 4.69) is 44.2 Å². The molecule has 0 amide bonds. The van der Waals surface area contributed by atoms with Gasteiger partial charge in [0.25, 0.3) is 0 Å². The molecule has 1 aliphatic carbocycles. The highest BCUT2D eigenvalue weighted by atomic mass is 14.6. The second-order valence-electron chi connectivity index (χ2n) is 5.70. The molecule has 0 heterocycles. The fraction of sp³-hybridized carbons (Fsp3) is 0.600. The molecule has 1 nitrogen and oxygen atoms in total. The molecule has 1 aromatic rings. The molecule has 0 bridgehead atoms. The third-order valence-electron chi connectivity index (χ3n) is 4.31. The molecule has 88 valence electrons. The third kappa shape index (κ3) is 2.30. The van der Waals surface area contributed by atoms with E-state index in [1.807, 2.05) is 0 Å². The summed E-state index contributed by atoms with van der Waals surface area (Å²) in [4.78, 5) is 0. The molecule has 1 saturated carbocycles. The van der Waals surface area contributed by atoms with Crippen molar-refractivity contribution in [2.75, 3.05) is 0 Å². The Morgan fingerprint density at radius 3 is 2.12 bits per heavy atom. The lowest BCUT2D eigenvalue weighted by molar-refractivity contribution is 0.222. The minimum atomic E-state index is 0.293. The molecule has 0 radical (unpaired) electrons. The van der Waals surface area contributed by atoms with Crippen LogP contribution in [0.3, 0.4) is 0 Å². The Bertz CT molecular complexity index is 321. The van der Waals surface area contributed by atoms with Gasteiger partial charge in [0.2, 0.25) is 0 Å². The average molecular weight is 217 g/mol. The van der Waals surface area contributed by atoms with E-state index in [4.69, 9.17) is 5.73 Å². The molecule has 0 aliphatic heterocycles. The van der Waals surface area contributed by atoms with Crippen molar-refractivity contribution < 1.29 is 0 Å². The van der Waals surface area contributed by atoms with Crippen LogP contribution in [0.2, 0.25) is 0 Å². The van der Waals surface area contributed by atoms with Gasteiger partial charge in [0.05, 0.1) is 0 Å². The van der Waals surface area contributed by atoms with Crippen LogP contribution in [0.4, 0.5) is 0 Å². The normalized spacial score (nSPS) is 26.7. The molecule has 0 saturated heterocycles. The monoisotopic (exact) mass is 217 g/mol. The van der Waals surface area contributed by atoms with Gasteiger partial charge in [0, 0.05) is 6.04 Å². The van der Waals surface area contributed by atoms with Gasteiger partial charge in [-0.25, -0.2) is 0 Å². The summed E-state index contributed by atoms with van der Waals surface area (Å²) in [6, 6.07) is 11.3. The van der Waals surface area contributed by atoms with Gasteiger partial charge in [0.1, 0.15) is 0 Å². The first-order chi connectivity index (χ1) is 7.60. The molecule has 0 unspecified atom stereocenters. The van der Waals surface area contributed by atoms with Crippen LogP contribution in [-0.4, -0.2) is 6.04 Å². The van der Waals surface area contributed by atoms with E-state index in [1.54, 1.807) is 0 Å². The number of hydrogen-bond acceptors (Lipinski definition) is 1. The van der Waals surface area contributed by atoms with Crippen molar-refractivity contribution in [1.29, 1.82) is 0 Å². The van der Waals surface area contributed by atoms with E-state index >= 15 is 0 Å². The van der Waals surface area contributed by atoms with Crippen LogP contribution < -0.4 is 5.73 Å². The number of benzene rings is 1. The van der Waals surface area contributed by atoms with Gasteiger partial charge in [-0.3, -0.25) is 0 Å². The van der Waals surface area contributed by atoms with E-state index < -0.39 is 0 Å². The molecule has 0 atom stereocenters. The first-order valence-corrected chi connectivity index (χ1v) is 6.42. The van der Waals surface area contributed by atoms with Gasteiger partial charge in [-0.05, 0) is 42.6 Å². The van der Waals surface area contributed by atoms with Crippen molar-refractivity contribution >= 4 is 0 Å². The van der Waals surface area contributed by atoms with Gasteiger partial charge < -0.3 is 5.73 Å². The molecule has 1 fully saturated rings. The lowest BCUT2D eigenvalue weighted by atomic mass is 9.67. The second kappa shape index (κ2) is 4.58. The largest absolute Gasteiger partial charge is 0.328 e. The van der Waals surface area contributed by atoms with E-state index in [0.29, 0.717) is 11.5 Å². The highest BCUT2D eigenvalue weighted by Crippen LogP contribution is 2.40. The van der Waals surface area contributed by atoms with E-state index in [1.165, 1.54) is 31.2 Å². The van der Waals surface area contributed by atoms with E-state index in [0.717, 1.165) is 5.92 Å². The van der Waals surface area contributed by atoms with Crippen molar-refractivity contribution in [2.45, 2.75) is 51.0 Å². The van der Waals surface area contributed by atoms with Crippen LogP contribution in [0, 0.1) is 5.92 Å². The average Bonchev–Trinajstić information content (AvgIpc) is 2.31. The Balaban J connectivity index is 2.13. The summed E-state index contributed by atoms with van der Waals surface area (Å²) in [6.07, 6.45) is 4.95. The van der Waals surface area contributed by atoms with Gasteiger partial charge >= 0.3 is 0 Å². The zero-order valence-electron chi connectivity index (χ0n) is 10.4. The maximum atomic E-state index is 5.98. The highest BCUT2D eigenvalue weighted by molar-refractivity contribution is 5.24. The molecule has 1 aliphatic rings. The fourth-order valence-electron chi connectivity index (χ4n) is 2.94. The zero-order chi connectivity index (χ0) is 11.6. The molecule has 0 aromatic heterocycles. The summed E-state index contributed by atoms with van der Waals surface area (Å²) in [5.41, 5.74) is 7.74. The zero-order valence-corrected chi connectivity index (χ0v) is 10.4. The molecule has 16 heavy (non-hydrogen) atoms. The smallest absolute Gasteiger partial charge is 0.00390 e. The molecule has 2 N–H and O–H groups in total. The number of rotatable bonds is 2. The predicted molar refractivity (Wildman–Crippen MR) is 69.4 cm³/mol. The van der Waals surface area contributed by atoms with Gasteiger partial charge in [-0.15, -0.1) is 0 Å². The quantitative estimate of drug-likeness (QED) is 0.806. The van der Waals surface area contributed by atoms with Crippen molar-refractivity contribution in [1.82, 2.24) is 0 Å². The Kier molecular flexibility index (Phi) is 3.34. The number of nitrogens with two attached hydrogens (primary N) is 1. The molecular weight excluding hydrogens is 194 g/mol. The maximum absolute atomic E-state index is 5.98. The van der Waals surface area contributed by atoms with Crippen molar-refractivity contribution in [3.8, 4) is 0 Å². The van der Waals surface area contributed by atoms with E-state index in [-0.39, 0.29) is 0 Å². The minimum Gasteiger partial charge on any atom is -0.328 e. The number of hydrogen-bond donors (Lipinski definition) is 1. The molecule has 0 spiro atoms. The summed E-state index contributed by atoms with van der Waals surface area (Å²) < 4.78 is 0. The Hall–Kier alpha value is -0.820. The summed E-state index contributed by atoms with van der Waals surface area (Å²) >= 11 is 0. The van der Waals surface area contributed by atoms with Crippen molar-refractivity contribution in [2.24, 2.45) is 11.7 Å². The molecular formula is C15H23N. The van der Waals surface area contributed by atoms with Crippen molar-refractivity contribution in [3.63, 3.8) is 0 Å². The third-order valence-corrected chi connectivity index (χ3v) is 4.31. The standard InChI is InChI=1S/C15H23N/c1-15(2,12-6-4-3-5-7-12)13-8-10-14(16)11-9-13/h3-7,13-14H,8-11,16H2,1-2H3. The topological polar surface area (TPSA) is 26.0 Å². The lowest BCUT2D eigenvalue weighted by Crippen LogP contribution is -2.35. The first kappa shape index (κ1) is 11.7. The van der Waals surface area contributed by atoms with Gasteiger partial charge in [0.15, 0.2) is 0 Å². The molecule has 1 heteroatoms. The Labute approximate surface area is 99.0 Å². The fourth-order valence-corrected chi connectivity index (χ4v) is 2.94. The van der Waals surface area contributed by atoms with E-state index in [9.17, 15) is 0 Å². The summed E-state index contributed by atoms with van der Waals surface area (Å²) in [6.45, 7) is 4.76. The molecule has 2 rings (SSSR count). The van der Waals surface area contributed by atoms with Crippen LogP contribution >= 0.6 is 0 Å². The highest BCUT2D eigenvalue weighted by Gasteiger charge is 2.33. The Morgan fingerprint density at radius 2 is 1.56 bits per heavy atom. The maximum Gasteiger partial charge on any atom is 0.00390 e. The molecule has 1 aromatic carbocycles. The van der Waals surface area contributed by atoms with Crippen LogP contribution in [0.25, 0.3) is 0 Å². The van der Waals surface area contributed by atoms with Crippen molar-refractivity contribution in [3.05, 3.63) is 35.9 Å². The van der Waals surface area contributed by atoms with Crippen LogP contribution in [0.1, 0.15) is 45.1 Å². The van der Waals surface area contributed by atoms with Gasteiger partial charge in [-0.2, -0.15) is 0 Å². The first-order valence-electron chi connectivity index (χ1n) is 6.42. The lowest BCUT2D eigenvalue weighted by Gasteiger charge is -2.39. The Morgan fingerprint density at radius 1 is 1.00 bits per heavy atom. The summed E-state index contributed by atoms with van der Waals surface area (Å²) in [5.74, 6) is 0.787. The van der Waals surface area contributed by atoms with Crippen LogP contribution in [0.15, 0.2) is 30.3 Å². The SMILES string of the molecule is CC(C)(c1ccccc1)C1CCC(N)CC1. The predicted octanol–water partition coefficient (Wildman–Crippen LogP) is 3.48. The van der Waals surface area contributed by atoms with Crippen LogP contribution in [-0.2, 0) is 5.41 Å². The second-order valence-corrected chi connectivity index (χ2v) is 5.70. The summed E-state index contributed by atoms with van der Waals surface area (Å²) in [5, 5.41) is 0. The van der Waals surface area contributed by atoms with Gasteiger partial charge in [-0.1, -0.05) is 44.2 Å². The van der Waals surface area contributed by atoms with Crippen LogP contribution in [0.5, 0.6) is 0 Å². The minimum absolute atomic E-state index is 0.293.